The van der Waals surface area contributed by atoms with Gasteiger partial charge in [-0.2, -0.15) is 15.3 Å². The molecule has 7 nitrogen and oxygen atoms in total. The van der Waals surface area contributed by atoms with Crippen molar-refractivity contribution in [2.75, 3.05) is 6.61 Å². The second-order valence-electron chi connectivity index (χ2n) is 7.24. The highest BCUT2D eigenvalue weighted by Crippen LogP contribution is 2.24. The lowest BCUT2D eigenvalue weighted by atomic mass is 9.99. The van der Waals surface area contributed by atoms with Crippen LogP contribution in [0.3, 0.4) is 0 Å². The van der Waals surface area contributed by atoms with Crippen molar-refractivity contribution in [3.8, 4) is 11.5 Å². The second-order valence-corrected chi connectivity index (χ2v) is 7.24. The Labute approximate surface area is 187 Å². The summed E-state index contributed by atoms with van der Waals surface area (Å²) in [4.78, 5) is 12.0. The Morgan fingerprint density at radius 1 is 1.03 bits per heavy atom. The van der Waals surface area contributed by atoms with E-state index in [1.165, 1.54) is 17.8 Å². The van der Waals surface area contributed by atoms with Gasteiger partial charge in [-0.25, -0.2) is 5.43 Å². The highest BCUT2D eigenvalue weighted by atomic mass is 16.5. The number of benzene rings is 3. The van der Waals surface area contributed by atoms with Crippen molar-refractivity contribution < 1.29 is 14.6 Å². The first-order valence-corrected chi connectivity index (χ1v) is 10.4. The fraction of sp³-hybridized carbons (Fsp3) is 0.200. The summed E-state index contributed by atoms with van der Waals surface area (Å²) in [7, 11) is 0. The topological polar surface area (TPSA) is 95.6 Å². The molecule has 32 heavy (non-hydrogen) atoms. The zero-order valence-corrected chi connectivity index (χ0v) is 18.1. The summed E-state index contributed by atoms with van der Waals surface area (Å²) in [6.45, 7) is 4.14. The molecule has 0 unspecified atom stereocenters. The van der Waals surface area contributed by atoms with Crippen LogP contribution in [0.15, 0.2) is 88.1 Å². The fourth-order valence-corrected chi connectivity index (χ4v) is 2.80. The van der Waals surface area contributed by atoms with Crippen molar-refractivity contribution >= 4 is 23.5 Å². The van der Waals surface area contributed by atoms with Crippen molar-refractivity contribution in [3.05, 3.63) is 83.9 Å². The molecule has 164 valence electrons. The van der Waals surface area contributed by atoms with Crippen molar-refractivity contribution in [2.45, 2.75) is 26.2 Å². The molecule has 1 atom stereocenters. The molecule has 0 aliphatic heterocycles. The van der Waals surface area contributed by atoms with E-state index in [4.69, 9.17) is 4.74 Å². The average Bonchev–Trinajstić information content (AvgIpc) is 2.83. The minimum atomic E-state index is -0.410. The van der Waals surface area contributed by atoms with Gasteiger partial charge < -0.3 is 9.84 Å². The van der Waals surface area contributed by atoms with Crippen LogP contribution in [0.5, 0.6) is 11.5 Å². The van der Waals surface area contributed by atoms with E-state index in [2.05, 4.69) is 34.6 Å². The number of hydrazone groups is 1. The zero-order valence-electron chi connectivity index (χ0n) is 18.1. The summed E-state index contributed by atoms with van der Waals surface area (Å²) in [5.41, 5.74) is 5.28. The normalized spacial score (nSPS) is 12.2. The third-order valence-corrected chi connectivity index (χ3v) is 4.87. The lowest BCUT2D eigenvalue weighted by Crippen LogP contribution is -2.24. The van der Waals surface area contributed by atoms with E-state index in [-0.39, 0.29) is 12.4 Å². The number of azo groups is 1. The van der Waals surface area contributed by atoms with Gasteiger partial charge >= 0.3 is 0 Å². The van der Waals surface area contributed by atoms with Gasteiger partial charge in [-0.3, -0.25) is 4.79 Å². The number of amides is 1. The van der Waals surface area contributed by atoms with E-state index in [9.17, 15) is 9.90 Å². The van der Waals surface area contributed by atoms with Gasteiger partial charge in [-0.15, -0.1) is 0 Å². The average molecular weight is 431 g/mol. The van der Waals surface area contributed by atoms with Crippen molar-refractivity contribution in [1.29, 1.82) is 0 Å². The number of carbonyl (C=O) groups is 1. The zero-order chi connectivity index (χ0) is 22.8. The first-order valence-electron chi connectivity index (χ1n) is 10.4. The molecule has 3 rings (SSSR count). The molecule has 0 aliphatic carbocycles. The summed E-state index contributed by atoms with van der Waals surface area (Å²) < 4.78 is 5.49. The summed E-state index contributed by atoms with van der Waals surface area (Å²) in [6, 6.07) is 21.8. The highest BCUT2D eigenvalue weighted by Gasteiger charge is 2.05. The maximum Gasteiger partial charge on any atom is 0.277 e. The maximum absolute atomic E-state index is 12.0. The van der Waals surface area contributed by atoms with Crippen LogP contribution >= 0.6 is 0 Å². The molecule has 0 heterocycles. The fourth-order valence-electron chi connectivity index (χ4n) is 2.80. The van der Waals surface area contributed by atoms with E-state index in [0.29, 0.717) is 22.9 Å². The summed E-state index contributed by atoms with van der Waals surface area (Å²) in [6.07, 6.45) is 2.41. The van der Waals surface area contributed by atoms with E-state index < -0.39 is 5.91 Å². The van der Waals surface area contributed by atoms with Gasteiger partial charge in [0.1, 0.15) is 11.5 Å². The molecule has 7 heteroatoms. The van der Waals surface area contributed by atoms with E-state index in [1.54, 1.807) is 12.1 Å². The number of hydrogen-bond donors (Lipinski definition) is 2. The van der Waals surface area contributed by atoms with Gasteiger partial charge in [-0.05, 0) is 60.4 Å². The van der Waals surface area contributed by atoms with Crippen LogP contribution in [0.1, 0.15) is 37.3 Å². The number of hydrogen-bond acceptors (Lipinski definition) is 6. The minimum absolute atomic E-state index is 0.0132. The van der Waals surface area contributed by atoms with Crippen LogP contribution in [0.2, 0.25) is 0 Å². The second kappa shape index (κ2) is 11.4. The SMILES string of the molecule is CC[C@H](C)c1ccc(OCC(=O)N/N=C\c2cc(N=Nc3ccccc3)ccc2O)cc1. The van der Waals surface area contributed by atoms with Gasteiger partial charge in [0, 0.05) is 5.56 Å². The van der Waals surface area contributed by atoms with Crippen molar-refractivity contribution in [3.63, 3.8) is 0 Å². The van der Waals surface area contributed by atoms with Crippen LogP contribution in [0, 0.1) is 0 Å². The van der Waals surface area contributed by atoms with Crippen LogP contribution in [-0.4, -0.2) is 23.8 Å². The number of carbonyl (C=O) groups excluding carboxylic acids is 1. The van der Waals surface area contributed by atoms with Gasteiger partial charge in [0.15, 0.2) is 6.61 Å². The first-order chi connectivity index (χ1) is 15.5. The number of aromatic hydroxyl groups is 1. The number of phenolic OH excluding ortho intramolecular Hbond substituents is 1. The van der Waals surface area contributed by atoms with E-state index in [1.807, 2.05) is 54.6 Å². The Morgan fingerprint density at radius 2 is 1.75 bits per heavy atom. The summed E-state index contributed by atoms with van der Waals surface area (Å²) >= 11 is 0. The number of rotatable bonds is 9. The van der Waals surface area contributed by atoms with Crippen LogP contribution < -0.4 is 10.2 Å². The quantitative estimate of drug-likeness (QED) is 0.253. The monoisotopic (exact) mass is 430 g/mol. The van der Waals surface area contributed by atoms with Crippen LogP contribution in [0.4, 0.5) is 11.4 Å². The number of phenols is 1. The predicted molar refractivity (Wildman–Crippen MR) is 125 cm³/mol. The third-order valence-electron chi connectivity index (χ3n) is 4.87. The summed E-state index contributed by atoms with van der Waals surface area (Å²) in [5.74, 6) is 0.702. The van der Waals surface area contributed by atoms with Gasteiger partial charge in [0.05, 0.1) is 17.6 Å². The predicted octanol–water partition coefficient (Wildman–Crippen LogP) is 5.85. The molecule has 0 aromatic heterocycles. The Morgan fingerprint density at radius 3 is 2.47 bits per heavy atom. The molecule has 2 N–H and O–H groups in total. The Hall–Kier alpha value is -4.00. The lowest BCUT2D eigenvalue weighted by molar-refractivity contribution is -0.123. The molecule has 0 saturated heterocycles. The summed E-state index contributed by atoms with van der Waals surface area (Å²) in [5, 5.41) is 22.2. The molecule has 0 fully saturated rings. The molecule has 3 aromatic rings. The molecular formula is C25H26N4O3. The van der Waals surface area contributed by atoms with E-state index >= 15 is 0 Å². The highest BCUT2D eigenvalue weighted by molar-refractivity contribution is 5.86. The Bertz CT molecular complexity index is 1080. The molecule has 1 amide bonds. The van der Waals surface area contributed by atoms with Crippen molar-refractivity contribution in [2.24, 2.45) is 15.3 Å². The lowest BCUT2D eigenvalue weighted by Gasteiger charge is -2.10. The molecular weight excluding hydrogens is 404 g/mol. The standard InChI is InChI=1S/C25H26N4O3/c1-3-18(2)19-9-12-23(13-10-19)32-17-25(31)29-26-16-20-15-22(11-14-24(20)30)28-27-21-7-5-4-6-8-21/h4-16,18,30H,3,17H2,1-2H3,(H,29,31)/b26-16-,28-27?/t18-/m0/s1. The molecule has 0 radical (unpaired) electrons. The maximum atomic E-state index is 12.0. The minimum Gasteiger partial charge on any atom is -0.507 e. The van der Waals surface area contributed by atoms with Crippen LogP contribution in [0.25, 0.3) is 0 Å². The molecule has 3 aromatic carbocycles. The molecule has 0 bridgehead atoms. The third kappa shape index (κ3) is 6.77. The van der Waals surface area contributed by atoms with Gasteiger partial charge in [0.2, 0.25) is 0 Å². The molecule has 0 aliphatic rings. The smallest absolute Gasteiger partial charge is 0.277 e. The Kier molecular flexibility index (Phi) is 8.09. The van der Waals surface area contributed by atoms with Gasteiger partial charge in [0.25, 0.3) is 5.91 Å². The molecule has 0 spiro atoms. The van der Waals surface area contributed by atoms with Crippen molar-refractivity contribution in [1.82, 2.24) is 5.43 Å². The number of ether oxygens (including phenoxy) is 1. The Balaban J connectivity index is 1.52. The van der Waals surface area contributed by atoms with Crippen LogP contribution in [-0.2, 0) is 4.79 Å². The molecule has 0 saturated carbocycles. The van der Waals surface area contributed by atoms with E-state index in [0.717, 1.165) is 12.1 Å². The number of nitrogens with zero attached hydrogens (tertiary/aromatic N) is 3. The number of nitrogens with one attached hydrogen (secondary N) is 1. The largest absolute Gasteiger partial charge is 0.507 e. The first kappa shape index (κ1) is 22.7. The van der Waals surface area contributed by atoms with Gasteiger partial charge in [-0.1, -0.05) is 44.2 Å².